The van der Waals surface area contributed by atoms with E-state index >= 15 is 0 Å². The number of guanidine groups is 1. The van der Waals surface area contributed by atoms with Crippen LogP contribution in [0, 0.1) is 0 Å². The number of rotatable bonds is 3. The van der Waals surface area contributed by atoms with Gasteiger partial charge in [0.05, 0.1) is 6.54 Å². The topological polar surface area (TPSA) is 54.2 Å². The van der Waals surface area contributed by atoms with Crippen LogP contribution in [-0.4, -0.2) is 28.6 Å². The number of halogens is 1. The van der Waals surface area contributed by atoms with Crippen molar-refractivity contribution >= 4 is 29.9 Å². The Morgan fingerprint density at radius 1 is 1.62 bits per heavy atom. The van der Waals surface area contributed by atoms with Crippen LogP contribution < -0.4 is 10.6 Å². The van der Waals surface area contributed by atoms with Crippen LogP contribution in [0.3, 0.4) is 0 Å². The third-order valence-electron chi connectivity index (χ3n) is 2.48. The van der Waals surface area contributed by atoms with Crippen molar-refractivity contribution in [2.24, 2.45) is 12.0 Å². The van der Waals surface area contributed by atoms with Crippen molar-refractivity contribution in [3.63, 3.8) is 0 Å². The molecule has 1 heterocycles. The predicted molar refractivity (Wildman–Crippen MR) is 75.0 cm³/mol. The Bertz CT molecular complexity index is 356. The Morgan fingerprint density at radius 2 is 2.38 bits per heavy atom. The van der Waals surface area contributed by atoms with E-state index in [9.17, 15) is 0 Å². The van der Waals surface area contributed by atoms with E-state index in [0.29, 0.717) is 12.6 Å². The quantitative estimate of drug-likeness (QED) is 0.490. The first kappa shape index (κ1) is 13.3. The molecule has 0 bridgehead atoms. The number of aromatic nitrogens is 2. The predicted octanol–water partition coefficient (Wildman–Crippen LogP) is 0.865. The smallest absolute Gasteiger partial charge is 0.191 e. The van der Waals surface area contributed by atoms with Crippen LogP contribution in [0.1, 0.15) is 18.7 Å². The first-order chi connectivity index (χ1) is 7.29. The number of aryl methyl sites for hydroxylation is 1. The van der Waals surface area contributed by atoms with Crippen LogP contribution >= 0.6 is 24.0 Å². The van der Waals surface area contributed by atoms with Gasteiger partial charge in [-0.25, -0.2) is 4.98 Å². The Morgan fingerprint density at radius 3 is 2.88 bits per heavy atom. The molecular weight excluding hydrogens is 317 g/mol. The summed E-state index contributed by atoms with van der Waals surface area (Å²) in [5.41, 5.74) is 0. The molecule has 1 fully saturated rings. The maximum Gasteiger partial charge on any atom is 0.191 e. The molecule has 0 radical (unpaired) electrons. The molecule has 1 aliphatic carbocycles. The first-order valence-corrected chi connectivity index (χ1v) is 5.23. The summed E-state index contributed by atoms with van der Waals surface area (Å²) in [7, 11) is 3.78. The molecule has 16 heavy (non-hydrogen) atoms. The summed E-state index contributed by atoms with van der Waals surface area (Å²) < 4.78 is 2.00. The molecule has 1 aliphatic rings. The monoisotopic (exact) mass is 335 g/mol. The minimum absolute atomic E-state index is 0. The normalized spacial score (nSPS) is 15.5. The lowest BCUT2D eigenvalue weighted by Gasteiger charge is -2.10. The van der Waals surface area contributed by atoms with Crippen molar-refractivity contribution < 1.29 is 0 Å². The largest absolute Gasteiger partial charge is 0.354 e. The molecule has 2 rings (SSSR count). The average Bonchev–Trinajstić information content (AvgIpc) is 2.96. The second-order valence-corrected chi connectivity index (χ2v) is 3.80. The molecule has 0 aliphatic heterocycles. The second kappa shape index (κ2) is 6.07. The molecule has 6 heteroatoms. The highest BCUT2D eigenvalue weighted by atomic mass is 127. The third-order valence-corrected chi connectivity index (χ3v) is 2.48. The average molecular weight is 335 g/mol. The maximum atomic E-state index is 4.23. The molecule has 2 N–H and O–H groups in total. The van der Waals surface area contributed by atoms with E-state index in [-0.39, 0.29) is 24.0 Å². The minimum Gasteiger partial charge on any atom is -0.354 e. The van der Waals surface area contributed by atoms with Gasteiger partial charge in [0.15, 0.2) is 5.96 Å². The van der Waals surface area contributed by atoms with Gasteiger partial charge in [-0.1, -0.05) is 0 Å². The fourth-order valence-corrected chi connectivity index (χ4v) is 1.35. The van der Waals surface area contributed by atoms with Gasteiger partial charge in [-0.2, -0.15) is 0 Å². The van der Waals surface area contributed by atoms with E-state index in [1.54, 1.807) is 13.2 Å². The van der Waals surface area contributed by atoms with E-state index in [1.807, 2.05) is 17.8 Å². The summed E-state index contributed by atoms with van der Waals surface area (Å²) >= 11 is 0. The number of aliphatic imine (C=N–C) groups is 1. The van der Waals surface area contributed by atoms with E-state index in [2.05, 4.69) is 20.6 Å². The van der Waals surface area contributed by atoms with Crippen molar-refractivity contribution in [1.29, 1.82) is 0 Å². The fraction of sp³-hybridized carbons (Fsp3) is 0.600. The van der Waals surface area contributed by atoms with Crippen LogP contribution in [0.25, 0.3) is 0 Å². The molecule has 0 saturated heterocycles. The van der Waals surface area contributed by atoms with E-state index in [0.717, 1.165) is 11.8 Å². The standard InChI is InChI=1S/C10H17N5.HI/c1-11-10(14-8-3-4-8)13-7-9-12-5-6-15(9)2;/h5-6,8H,3-4,7H2,1-2H3,(H2,11,13,14);1H. The van der Waals surface area contributed by atoms with Crippen molar-refractivity contribution in [1.82, 2.24) is 20.2 Å². The molecule has 0 unspecified atom stereocenters. The summed E-state index contributed by atoms with van der Waals surface area (Å²) in [5.74, 6) is 1.87. The molecular formula is C10H18IN5. The number of hydrogen-bond acceptors (Lipinski definition) is 2. The minimum atomic E-state index is 0. The molecule has 0 spiro atoms. The molecule has 1 aromatic heterocycles. The molecule has 0 aromatic carbocycles. The van der Waals surface area contributed by atoms with Crippen molar-refractivity contribution in [3.8, 4) is 0 Å². The van der Waals surface area contributed by atoms with Gasteiger partial charge in [0.2, 0.25) is 0 Å². The van der Waals surface area contributed by atoms with Crippen LogP contribution in [0.5, 0.6) is 0 Å². The Balaban J connectivity index is 0.00000128. The highest BCUT2D eigenvalue weighted by Crippen LogP contribution is 2.18. The van der Waals surface area contributed by atoms with Gasteiger partial charge in [0.25, 0.3) is 0 Å². The zero-order valence-electron chi connectivity index (χ0n) is 9.60. The lowest BCUT2D eigenvalue weighted by Crippen LogP contribution is -2.38. The lowest BCUT2D eigenvalue weighted by molar-refractivity contribution is 0.726. The molecule has 0 atom stereocenters. The second-order valence-electron chi connectivity index (χ2n) is 3.80. The van der Waals surface area contributed by atoms with Gasteiger partial charge in [0, 0.05) is 32.5 Å². The molecule has 90 valence electrons. The van der Waals surface area contributed by atoms with Gasteiger partial charge >= 0.3 is 0 Å². The lowest BCUT2D eigenvalue weighted by atomic mass is 10.5. The molecule has 1 saturated carbocycles. The Hall–Kier alpha value is -0.790. The summed E-state index contributed by atoms with van der Waals surface area (Å²) in [5, 5.41) is 6.56. The zero-order chi connectivity index (χ0) is 10.7. The number of hydrogen-bond donors (Lipinski definition) is 2. The van der Waals surface area contributed by atoms with Crippen LogP contribution in [0.2, 0.25) is 0 Å². The SMILES string of the molecule is CN=C(NCc1nccn1C)NC1CC1.I. The van der Waals surface area contributed by atoms with Gasteiger partial charge in [0.1, 0.15) is 5.82 Å². The highest BCUT2D eigenvalue weighted by molar-refractivity contribution is 14.0. The van der Waals surface area contributed by atoms with E-state index in [1.165, 1.54) is 12.8 Å². The number of nitrogens with zero attached hydrogens (tertiary/aromatic N) is 3. The Kier molecular flexibility index (Phi) is 5.04. The number of nitrogens with one attached hydrogen (secondary N) is 2. The Labute approximate surface area is 113 Å². The highest BCUT2D eigenvalue weighted by Gasteiger charge is 2.22. The van der Waals surface area contributed by atoms with Gasteiger partial charge in [-0.3, -0.25) is 4.99 Å². The molecule has 0 amide bonds. The van der Waals surface area contributed by atoms with Gasteiger partial charge in [-0.15, -0.1) is 24.0 Å². The van der Waals surface area contributed by atoms with Crippen LogP contribution in [-0.2, 0) is 13.6 Å². The summed E-state index contributed by atoms with van der Waals surface area (Å²) in [6.45, 7) is 0.704. The summed E-state index contributed by atoms with van der Waals surface area (Å²) in [6, 6.07) is 0.623. The maximum absolute atomic E-state index is 4.23. The summed E-state index contributed by atoms with van der Waals surface area (Å²) in [6.07, 6.45) is 6.24. The summed E-state index contributed by atoms with van der Waals surface area (Å²) in [4.78, 5) is 8.39. The van der Waals surface area contributed by atoms with Crippen molar-refractivity contribution in [3.05, 3.63) is 18.2 Å². The van der Waals surface area contributed by atoms with Crippen molar-refractivity contribution in [2.45, 2.75) is 25.4 Å². The van der Waals surface area contributed by atoms with Crippen LogP contribution in [0.4, 0.5) is 0 Å². The fourth-order valence-electron chi connectivity index (χ4n) is 1.35. The molecule has 1 aromatic rings. The van der Waals surface area contributed by atoms with Gasteiger partial charge in [-0.05, 0) is 12.8 Å². The van der Waals surface area contributed by atoms with Crippen LogP contribution in [0.15, 0.2) is 17.4 Å². The van der Waals surface area contributed by atoms with Gasteiger partial charge < -0.3 is 15.2 Å². The zero-order valence-corrected chi connectivity index (χ0v) is 11.9. The van der Waals surface area contributed by atoms with Crippen molar-refractivity contribution in [2.75, 3.05) is 7.05 Å². The van der Waals surface area contributed by atoms with E-state index < -0.39 is 0 Å². The van der Waals surface area contributed by atoms with E-state index in [4.69, 9.17) is 0 Å². The number of imidazole rings is 1. The first-order valence-electron chi connectivity index (χ1n) is 5.23. The molecule has 5 nitrogen and oxygen atoms in total. The third kappa shape index (κ3) is 3.66.